The molecule has 0 radical (unpaired) electrons. The van der Waals surface area contributed by atoms with Crippen molar-refractivity contribution in [3.05, 3.63) is 47.3 Å². The molecule has 0 amide bonds. The van der Waals surface area contributed by atoms with Crippen LogP contribution >= 0.6 is 0 Å². The first-order valence-electron chi connectivity index (χ1n) is 7.00. The van der Waals surface area contributed by atoms with Gasteiger partial charge in [-0.1, -0.05) is 22.9 Å². The van der Waals surface area contributed by atoms with Crippen LogP contribution in [0.5, 0.6) is 0 Å². The SMILES string of the molecule is Cc1ccc(S(=O)(=O)N2CCCC2c2cc(C)on2)cc1. The molecule has 3 rings (SSSR count). The van der Waals surface area contributed by atoms with E-state index in [1.54, 1.807) is 12.1 Å². The molecule has 112 valence electrons. The Bertz CT molecular complexity index is 735. The van der Waals surface area contributed by atoms with Crippen LogP contribution in [0.15, 0.2) is 39.8 Å². The molecule has 0 aliphatic carbocycles. The van der Waals surface area contributed by atoms with Crippen molar-refractivity contribution in [3.8, 4) is 0 Å². The Morgan fingerprint density at radius 3 is 2.57 bits per heavy atom. The fourth-order valence-electron chi connectivity index (χ4n) is 2.71. The topological polar surface area (TPSA) is 63.4 Å². The summed E-state index contributed by atoms with van der Waals surface area (Å²) in [5.41, 5.74) is 1.74. The van der Waals surface area contributed by atoms with Gasteiger partial charge in [-0.15, -0.1) is 0 Å². The third kappa shape index (κ3) is 2.61. The van der Waals surface area contributed by atoms with E-state index in [1.807, 2.05) is 32.0 Å². The van der Waals surface area contributed by atoms with E-state index in [0.29, 0.717) is 22.9 Å². The summed E-state index contributed by atoms with van der Waals surface area (Å²) in [6, 6.07) is 8.54. The molecule has 1 aliphatic rings. The number of aryl methyl sites for hydroxylation is 2. The summed E-state index contributed by atoms with van der Waals surface area (Å²) < 4.78 is 32.2. The van der Waals surface area contributed by atoms with Gasteiger partial charge in [0.1, 0.15) is 11.5 Å². The largest absolute Gasteiger partial charge is 0.361 e. The van der Waals surface area contributed by atoms with E-state index in [9.17, 15) is 8.42 Å². The molecule has 0 saturated carbocycles. The molecule has 0 spiro atoms. The van der Waals surface area contributed by atoms with Crippen molar-refractivity contribution in [2.75, 3.05) is 6.54 Å². The Kier molecular flexibility index (Phi) is 3.59. The molecule has 1 saturated heterocycles. The van der Waals surface area contributed by atoms with Crippen LogP contribution in [0, 0.1) is 13.8 Å². The summed E-state index contributed by atoms with van der Waals surface area (Å²) in [5.74, 6) is 0.699. The molecule has 0 N–H and O–H groups in total. The fraction of sp³-hybridized carbons (Fsp3) is 0.400. The lowest BCUT2D eigenvalue weighted by Gasteiger charge is -2.22. The van der Waals surface area contributed by atoms with Crippen LogP contribution < -0.4 is 0 Å². The van der Waals surface area contributed by atoms with Crippen LogP contribution in [0.25, 0.3) is 0 Å². The number of sulfonamides is 1. The molecule has 1 fully saturated rings. The maximum Gasteiger partial charge on any atom is 0.243 e. The van der Waals surface area contributed by atoms with Crippen LogP contribution in [0.4, 0.5) is 0 Å². The summed E-state index contributed by atoms with van der Waals surface area (Å²) in [4.78, 5) is 0.334. The highest BCUT2D eigenvalue weighted by atomic mass is 32.2. The highest BCUT2D eigenvalue weighted by Gasteiger charge is 2.37. The minimum Gasteiger partial charge on any atom is -0.361 e. The zero-order valence-electron chi connectivity index (χ0n) is 12.1. The quantitative estimate of drug-likeness (QED) is 0.874. The molecule has 1 unspecified atom stereocenters. The van der Waals surface area contributed by atoms with Crippen molar-refractivity contribution in [3.63, 3.8) is 0 Å². The number of rotatable bonds is 3. The Morgan fingerprint density at radius 2 is 1.95 bits per heavy atom. The maximum absolute atomic E-state index is 12.8. The molecule has 1 aliphatic heterocycles. The molecule has 1 aromatic heterocycles. The normalized spacial score (nSPS) is 20.0. The number of benzene rings is 1. The molecular formula is C15H18N2O3S. The van der Waals surface area contributed by atoms with E-state index in [2.05, 4.69) is 5.16 Å². The van der Waals surface area contributed by atoms with Crippen LogP contribution in [0.2, 0.25) is 0 Å². The second-order valence-corrected chi connectivity index (χ2v) is 7.34. The van der Waals surface area contributed by atoms with Crippen molar-refractivity contribution in [1.82, 2.24) is 9.46 Å². The summed E-state index contributed by atoms with van der Waals surface area (Å²) in [6.07, 6.45) is 1.61. The minimum atomic E-state index is -3.49. The summed E-state index contributed by atoms with van der Waals surface area (Å²) >= 11 is 0. The van der Waals surface area contributed by atoms with Crippen LogP contribution in [-0.2, 0) is 10.0 Å². The first kappa shape index (κ1) is 14.3. The second-order valence-electron chi connectivity index (χ2n) is 5.45. The van der Waals surface area contributed by atoms with Crippen LogP contribution in [0.3, 0.4) is 0 Å². The Labute approximate surface area is 124 Å². The lowest BCUT2D eigenvalue weighted by Crippen LogP contribution is -2.30. The van der Waals surface area contributed by atoms with E-state index in [0.717, 1.165) is 18.4 Å². The highest BCUT2D eigenvalue weighted by Crippen LogP contribution is 2.36. The zero-order valence-corrected chi connectivity index (χ0v) is 12.9. The molecule has 0 bridgehead atoms. The van der Waals surface area contributed by atoms with Crippen LogP contribution in [-0.4, -0.2) is 24.4 Å². The van der Waals surface area contributed by atoms with Gasteiger partial charge in [0.25, 0.3) is 0 Å². The van der Waals surface area contributed by atoms with Gasteiger partial charge in [0.05, 0.1) is 10.9 Å². The van der Waals surface area contributed by atoms with Crippen molar-refractivity contribution >= 4 is 10.0 Å². The Balaban J connectivity index is 1.96. The third-order valence-electron chi connectivity index (χ3n) is 3.82. The Hall–Kier alpha value is -1.66. The number of hydrogen-bond donors (Lipinski definition) is 0. The van der Waals surface area contributed by atoms with Gasteiger partial charge in [0, 0.05) is 12.6 Å². The van der Waals surface area contributed by atoms with E-state index < -0.39 is 10.0 Å². The van der Waals surface area contributed by atoms with Gasteiger partial charge in [-0.25, -0.2) is 8.42 Å². The molecule has 21 heavy (non-hydrogen) atoms. The highest BCUT2D eigenvalue weighted by molar-refractivity contribution is 7.89. The number of hydrogen-bond acceptors (Lipinski definition) is 4. The van der Waals surface area contributed by atoms with Gasteiger partial charge in [0.2, 0.25) is 10.0 Å². The predicted molar refractivity (Wildman–Crippen MR) is 78.3 cm³/mol. The smallest absolute Gasteiger partial charge is 0.243 e. The van der Waals surface area contributed by atoms with Crippen molar-refractivity contribution in [2.45, 2.75) is 37.6 Å². The first-order valence-corrected chi connectivity index (χ1v) is 8.44. The number of aromatic nitrogens is 1. The lowest BCUT2D eigenvalue weighted by molar-refractivity contribution is 0.349. The van der Waals surface area contributed by atoms with Gasteiger partial charge in [-0.2, -0.15) is 4.31 Å². The standard InChI is InChI=1S/C15H18N2O3S/c1-11-5-7-13(8-6-11)21(18,19)17-9-3-4-15(17)14-10-12(2)20-16-14/h5-8,10,15H,3-4,9H2,1-2H3. The maximum atomic E-state index is 12.8. The van der Waals surface area contributed by atoms with Crippen molar-refractivity contribution in [1.29, 1.82) is 0 Å². The lowest BCUT2D eigenvalue weighted by atomic mass is 10.1. The summed E-state index contributed by atoms with van der Waals surface area (Å²) in [7, 11) is -3.49. The van der Waals surface area contributed by atoms with Gasteiger partial charge in [0.15, 0.2) is 0 Å². The third-order valence-corrected chi connectivity index (χ3v) is 5.74. The van der Waals surface area contributed by atoms with Crippen molar-refractivity contribution < 1.29 is 12.9 Å². The molecule has 5 nitrogen and oxygen atoms in total. The average Bonchev–Trinajstić information content (AvgIpc) is 3.07. The van der Waals surface area contributed by atoms with Crippen molar-refractivity contribution in [2.24, 2.45) is 0 Å². The predicted octanol–water partition coefficient (Wildman–Crippen LogP) is 2.82. The van der Waals surface area contributed by atoms with E-state index in [1.165, 1.54) is 4.31 Å². The molecule has 2 aromatic rings. The van der Waals surface area contributed by atoms with Gasteiger partial charge >= 0.3 is 0 Å². The minimum absolute atomic E-state index is 0.228. The zero-order chi connectivity index (χ0) is 15.0. The van der Waals surface area contributed by atoms with E-state index >= 15 is 0 Å². The van der Waals surface area contributed by atoms with E-state index in [4.69, 9.17) is 4.52 Å². The summed E-state index contributed by atoms with van der Waals surface area (Å²) in [6.45, 7) is 4.27. The van der Waals surface area contributed by atoms with Gasteiger partial charge in [-0.05, 0) is 38.8 Å². The second kappa shape index (κ2) is 5.27. The summed E-state index contributed by atoms with van der Waals surface area (Å²) in [5, 5.41) is 3.99. The fourth-order valence-corrected chi connectivity index (χ4v) is 4.38. The molecular weight excluding hydrogens is 288 g/mol. The molecule has 2 heterocycles. The number of nitrogens with zero attached hydrogens (tertiary/aromatic N) is 2. The monoisotopic (exact) mass is 306 g/mol. The molecule has 1 aromatic carbocycles. The van der Waals surface area contributed by atoms with Gasteiger partial charge in [-0.3, -0.25) is 0 Å². The van der Waals surface area contributed by atoms with Crippen LogP contribution in [0.1, 0.15) is 35.9 Å². The molecule has 6 heteroatoms. The molecule has 1 atom stereocenters. The average molecular weight is 306 g/mol. The van der Waals surface area contributed by atoms with E-state index in [-0.39, 0.29) is 6.04 Å². The Morgan fingerprint density at radius 1 is 1.24 bits per heavy atom. The first-order chi connectivity index (χ1) is 9.98. The van der Waals surface area contributed by atoms with Gasteiger partial charge < -0.3 is 4.52 Å².